The molecule has 0 spiro atoms. The van der Waals surface area contributed by atoms with E-state index in [1.807, 2.05) is 64.2 Å². The Labute approximate surface area is 199 Å². The molecule has 1 aromatic heterocycles. The monoisotopic (exact) mass is 467 g/mol. The second kappa shape index (κ2) is 11.1. The van der Waals surface area contributed by atoms with Gasteiger partial charge in [-0.15, -0.1) is 0 Å². The fourth-order valence-electron chi connectivity index (χ4n) is 3.66. The highest BCUT2D eigenvalue weighted by Gasteiger charge is 2.20. The fraction of sp³-hybridized carbons (Fsp3) is 0.385. The number of benzene rings is 2. The first-order valence-corrected chi connectivity index (χ1v) is 11.4. The predicted octanol–water partition coefficient (Wildman–Crippen LogP) is 3.65. The molecule has 0 saturated heterocycles. The molecule has 1 amide bonds. The zero-order valence-electron chi connectivity index (χ0n) is 20.1. The first-order valence-electron chi connectivity index (χ1n) is 11.4. The van der Waals surface area contributed by atoms with E-state index >= 15 is 0 Å². The number of carboxylic acid groups (broad SMARTS) is 1. The quantitative estimate of drug-likeness (QED) is 0.342. The maximum Gasteiger partial charge on any atom is 0.321 e. The van der Waals surface area contributed by atoms with Crippen molar-refractivity contribution >= 4 is 22.8 Å². The molecule has 0 bridgehead atoms. The van der Waals surface area contributed by atoms with E-state index in [2.05, 4.69) is 15.6 Å². The second-order valence-electron chi connectivity index (χ2n) is 9.14. The summed E-state index contributed by atoms with van der Waals surface area (Å²) in [5.41, 5.74) is 2.43. The van der Waals surface area contributed by atoms with E-state index in [4.69, 9.17) is 9.47 Å². The average molecular weight is 468 g/mol. The van der Waals surface area contributed by atoms with Gasteiger partial charge in [0.15, 0.2) is 18.1 Å². The molecule has 0 aliphatic rings. The van der Waals surface area contributed by atoms with Gasteiger partial charge in [-0.3, -0.25) is 9.59 Å². The molecule has 34 heavy (non-hydrogen) atoms. The van der Waals surface area contributed by atoms with Crippen molar-refractivity contribution in [2.75, 3.05) is 13.2 Å². The Morgan fingerprint density at radius 2 is 1.85 bits per heavy atom. The molecule has 0 aliphatic carbocycles. The average Bonchev–Trinajstić information content (AvgIpc) is 3.17. The van der Waals surface area contributed by atoms with E-state index in [1.165, 1.54) is 0 Å². The number of carbonyl (C=O) groups excluding carboxylic acids is 1. The Morgan fingerprint density at radius 1 is 1.09 bits per heavy atom. The van der Waals surface area contributed by atoms with Crippen molar-refractivity contribution in [2.45, 2.75) is 52.2 Å². The highest BCUT2D eigenvalue weighted by atomic mass is 16.5. The van der Waals surface area contributed by atoms with Gasteiger partial charge in [0.05, 0.1) is 6.61 Å². The number of carboxylic acids is 1. The number of aromatic nitrogens is 1. The number of fused-ring (bicyclic) bond motifs is 1. The Hall–Kier alpha value is -3.52. The van der Waals surface area contributed by atoms with Gasteiger partial charge in [-0.25, -0.2) is 0 Å². The van der Waals surface area contributed by atoms with Gasteiger partial charge in [0.1, 0.15) is 6.04 Å². The third kappa shape index (κ3) is 6.99. The molecule has 8 nitrogen and oxygen atoms in total. The lowest BCUT2D eigenvalue weighted by atomic mass is 10.0. The van der Waals surface area contributed by atoms with Gasteiger partial charge < -0.3 is 30.2 Å². The molecule has 0 radical (unpaired) electrons. The van der Waals surface area contributed by atoms with Gasteiger partial charge >= 0.3 is 5.97 Å². The first-order chi connectivity index (χ1) is 16.2. The number of H-pyrrole nitrogens is 1. The molecule has 1 atom stereocenters. The topological polar surface area (TPSA) is 113 Å². The van der Waals surface area contributed by atoms with Crippen LogP contribution in [0.25, 0.3) is 10.9 Å². The van der Waals surface area contributed by atoms with E-state index in [9.17, 15) is 14.7 Å². The number of hydrogen-bond donors (Lipinski definition) is 4. The van der Waals surface area contributed by atoms with Crippen LogP contribution in [0, 0.1) is 0 Å². The zero-order valence-corrected chi connectivity index (χ0v) is 20.1. The van der Waals surface area contributed by atoms with Crippen LogP contribution in [0.4, 0.5) is 0 Å². The number of carbonyl (C=O) groups is 2. The minimum absolute atomic E-state index is 0.124. The van der Waals surface area contributed by atoms with Gasteiger partial charge in [-0.05, 0) is 57.0 Å². The van der Waals surface area contributed by atoms with E-state index in [0.717, 1.165) is 22.0 Å². The highest BCUT2D eigenvalue weighted by molar-refractivity contribution is 5.84. The van der Waals surface area contributed by atoms with Crippen molar-refractivity contribution in [1.82, 2.24) is 15.6 Å². The summed E-state index contributed by atoms with van der Waals surface area (Å²) < 4.78 is 11.4. The lowest BCUT2D eigenvalue weighted by Gasteiger charge is -2.21. The fourth-order valence-corrected chi connectivity index (χ4v) is 3.66. The summed E-state index contributed by atoms with van der Waals surface area (Å²) in [6, 6.07) is 12.4. The largest absolute Gasteiger partial charge is 0.490 e. The Morgan fingerprint density at radius 3 is 2.56 bits per heavy atom. The first kappa shape index (κ1) is 25.1. The number of nitrogens with one attached hydrogen (secondary N) is 3. The normalized spacial score (nSPS) is 12.4. The van der Waals surface area contributed by atoms with Crippen molar-refractivity contribution in [2.24, 2.45) is 0 Å². The standard InChI is InChI=1S/C26H33N3O5/c1-5-33-23-12-17(10-11-22(23)34-16-24(30)29-26(2,3)4)14-27-21(25(31)32)13-18-15-28-20-9-7-6-8-19(18)20/h6-12,15,21,27-28H,5,13-14,16H2,1-4H3,(H,29,30)(H,31,32)/t21-/m1/s1. The summed E-state index contributed by atoms with van der Waals surface area (Å²) in [5, 5.41) is 16.8. The van der Waals surface area contributed by atoms with Gasteiger partial charge in [0, 0.05) is 35.6 Å². The van der Waals surface area contributed by atoms with Crippen LogP contribution < -0.4 is 20.1 Å². The number of aliphatic carboxylic acids is 1. The summed E-state index contributed by atoms with van der Waals surface area (Å²) in [6.07, 6.45) is 2.21. The van der Waals surface area contributed by atoms with Crippen LogP contribution in [-0.4, -0.2) is 46.8 Å². The molecule has 2 aromatic carbocycles. The molecule has 1 heterocycles. The minimum atomic E-state index is -0.917. The molecule has 0 aliphatic heterocycles. The smallest absolute Gasteiger partial charge is 0.321 e. The van der Waals surface area contributed by atoms with E-state index in [-0.39, 0.29) is 18.1 Å². The third-order valence-corrected chi connectivity index (χ3v) is 5.13. The summed E-state index contributed by atoms with van der Waals surface area (Å²) >= 11 is 0. The van der Waals surface area contributed by atoms with Crippen LogP contribution in [0.1, 0.15) is 38.8 Å². The van der Waals surface area contributed by atoms with E-state index < -0.39 is 12.0 Å². The summed E-state index contributed by atoms with van der Waals surface area (Å²) in [5.74, 6) is -0.167. The zero-order chi connectivity index (χ0) is 24.7. The third-order valence-electron chi connectivity index (χ3n) is 5.13. The van der Waals surface area contributed by atoms with Crippen molar-refractivity contribution in [1.29, 1.82) is 0 Å². The Bertz CT molecular complexity index is 1130. The molecule has 0 unspecified atom stereocenters. The van der Waals surface area contributed by atoms with Gasteiger partial charge in [0.2, 0.25) is 0 Å². The number of hydrogen-bond acceptors (Lipinski definition) is 5. The van der Waals surface area contributed by atoms with E-state index in [0.29, 0.717) is 31.1 Å². The number of ether oxygens (including phenoxy) is 2. The lowest BCUT2D eigenvalue weighted by molar-refractivity contribution is -0.139. The number of aromatic amines is 1. The van der Waals surface area contributed by atoms with Gasteiger partial charge in [0.25, 0.3) is 5.91 Å². The predicted molar refractivity (Wildman–Crippen MR) is 131 cm³/mol. The molecule has 3 rings (SSSR count). The Balaban J connectivity index is 1.65. The number of para-hydroxylation sites is 1. The molecular weight excluding hydrogens is 434 g/mol. The maximum absolute atomic E-state index is 12.1. The van der Waals surface area contributed by atoms with Gasteiger partial charge in [-0.1, -0.05) is 24.3 Å². The number of amides is 1. The molecule has 4 N–H and O–H groups in total. The molecular formula is C26H33N3O5. The summed E-state index contributed by atoms with van der Waals surface area (Å²) in [4.78, 5) is 27.2. The van der Waals surface area contributed by atoms with Crippen molar-refractivity contribution in [3.8, 4) is 11.5 Å². The van der Waals surface area contributed by atoms with Crippen molar-refractivity contribution < 1.29 is 24.2 Å². The minimum Gasteiger partial charge on any atom is -0.490 e. The molecule has 3 aromatic rings. The van der Waals surface area contributed by atoms with Crippen LogP contribution >= 0.6 is 0 Å². The SMILES string of the molecule is CCOc1cc(CN[C@H](Cc2c[nH]c3ccccc23)C(=O)O)ccc1OCC(=O)NC(C)(C)C. The number of rotatable bonds is 11. The van der Waals surface area contributed by atoms with Crippen LogP contribution in [-0.2, 0) is 22.6 Å². The molecule has 0 saturated carbocycles. The highest BCUT2D eigenvalue weighted by Crippen LogP contribution is 2.29. The van der Waals surface area contributed by atoms with Crippen molar-refractivity contribution in [3.05, 3.63) is 59.8 Å². The maximum atomic E-state index is 12.1. The summed E-state index contributed by atoms with van der Waals surface area (Å²) in [6.45, 7) is 8.22. The summed E-state index contributed by atoms with van der Waals surface area (Å²) in [7, 11) is 0. The molecule has 8 heteroatoms. The van der Waals surface area contributed by atoms with Crippen LogP contribution in [0.15, 0.2) is 48.7 Å². The van der Waals surface area contributed by atoms with Crippen LogP contribution in [0.5, 0.6) is 11.5 Å². The van der Waals surface area contributed by atoms with E-state index in [1.54, 1.807) is 12.1 Å². The van der Waals surface area contributed by atoms with Gasteiger partial charge in [-0.2, -0.15) is 0 Å². The lowest BCUT2D eigenvalue weighted by Crippen LogP contribution is -2.43. The van der Waals surface area contributed by atoms with Crippen molar-refractivity contribution in [3.63, 3.8) is 0 Å². The molecule has 182 valence electrons. The van der Waals surface area contributed by atoms with Crippen LogP contribution in [0.2, 0.25) is 0 Å². The molecule has 0 fully saturated rings. The Kier molecular flexibility index (Phi) is 8.17. The van der Waals surface area contributed by atoms with Crippen LogP contribution in [0.3, 0.4) is 0 Å². The second-order valence-corrected chi connectivity index (χ2v) is 9.14.